The third-order valence-electron chi connectivity index (χ3n) is 2.85. The van der Waals surface area contributed by atoms with Gasteiger partial charge in [-0.05, 0) is 36.6 Å². The highest BCUT2D eigenvalue weighted by Crippen LogP contribution is 2.37. The van der Waals surface area contributed by atoms with Crippen LogP contribution < -0.4 is 5.32 Å². The van der Waals surface area contributed by atoms with Crippen molar-refractivity contribution in [1.29, 1.82) is 0 Å². The number of aliphatic carboxylic acids is 1. The topological polar surface area (TPSA) is 66.4 Å². The normalized spacial score (nSPS) is 17.7. The maximum Gasteiger partial charge on any atom is 0.303 e. The zero-order chi connectivity index (χ0) is 12.4. The van der Waals surface area contributed by atoms with Crippen LogP contribution >= 0.6 is 15.9 Å². The Bertz CT molecular complexity index is 473. The van der Waals surface area contributed by atoms with Crippen molar-refractivity contribution in [1.82, 2.24) is 0 Å². The second kappa shape index (κ2) is 4.87. The van der Waals surface area contributed by atoms with Crippen molar-refractivity contribution >= 4 is 33.5 Å². The molecule has 0 spiro atoms. The predicted octanol–water partition coefficient (Wildman–Crippen LogP) is 2.74. The molecule has 0 aliphatic carbocycles. The van der Waals surface area contributed by atoms with Crippen LogP contribution in [0.5, 0.6) is 0 Å². The smallest absolute Gasteiger partial charge is 0.303 e. The number of carboxylic acid groups (broad SMARTS) is 1. The molecule has 0 fully saturated rings. The predicted molar refractivity (Wildman–Crippen MR) is 67.0 cm³/mol. The number of fused-ring (bicyclic) bond motifs is 1. The summed E-state index contributed by atoms with van der Waals surface area (Å²) in [5.41, 5.74) is 1.79. The summed E-state index contributed by atoms with van der Waals surface area (Å²) >= 11 is 3.37. The van der Waals surface area contributed by atoms with E-state index < -0.39 is 5.97 Å². The van der Waals surface area contributed by atoms with Crippen LogP contribution in [0.3, 0.4) is 0 Å². The summed E-state index contributed by atoms with van der Waals surface area (Å²) in [6, 6.07) is 5.64. The average molecular weight is 298 g/mol. The highest BCUT2D eigenvalue weighted by molar-refractivity contribution is 9.10. The lowest BCUT2D eigenvalue weighted by atomic mass is 9.95. The number of hydrogen-bond donors (Lipinski definition) is 2. The van der Waals surface area contributed by atoms with Crippen molar-refractivity contribution < 1.29 is 14.7 Å². The largest absolute Gasteiger partial charge is 0.481 e. The van der Waals surface area contributed by atoms with E-state index in [2.05, 4.69) is 21.2 Å². The molecule has 2 rings (SSSR count). The van der Waals surface area contributed by atoms with Crippen LogP contribution in [0.15, 0.2) is 22.7 Å². The SMILES string of the molecule is O=C(O)CCCC1C(=O)Nc2ccc(Br)cc21. The van der Waals surface area contributed by atoms with E-state index in [1.54, 1.807) is 0 Å². The first-order chi connectivity index (χ1) is 8.08. The zero-order valence-corrected chi connectivity index (χ0v) is 10.7. The monoisotopic (exact) mass is 297 g/mol. The number of carbonyl (C=O) groups is 2. The van der Waals surface area contributed by atoms with E-state index in [4.69, 9.17) is 5.11 Å². The van der Waals surface area contributed by atoms with Gasteiger partial charge in [-0.15, -0.1) is 0 Å². The molecule has 0 saturated carbocycles. The second-order valence-electron chi connectivity index (χ2n) is 4.06. The molecule has 4 nitrogen and oxygen atoms in total. The first kappa shape index (κ1) is 12.1. The van der Waals surface area contributed by atoms with Crippen molar-refractivity contribution in [3.05, 3.63) is 28.2 Å². The second-order valence-corrected chi connectivity index (χ2v) is 4.98. The Hall–Kier alpha value is -1.36. The van der Waals surface area contributed by atoms with E-state index in [0.29, 0.717) is 12.8 Å². The summed E-state index contributed by atoms with van der Waals surface area (Å²) in [5.74, 6) is -1.08. The number of benzene rings is 1. The lowest BCUT2D eigenvalue weighted by Gasteiger charge is -2.07. The van der Waals surface area contributed by atoms with Gasteiger partial charge in [0.15, 0.2) is 0 Å². The molecule has 1 aromatic rings. The van der Waals surface area contributed by atoms with Crippen LogP contribution in [0.4, 0.5) is 5.69 Å². The Balaban J connectivity index is 2.11. The van der Waals surface area contributed by atoms with Gasteiger partial charge in [0, 0.05) is 16.6 Å². The number of carboxylic acids is 1. The summed E-state index contributed by atoms with van der Waals surface area (Å²) in [6.07, 6.45) is 1.19. The van der Waals surface area contributed by atoms with Crippen LogP contribution in [-0.4, -0.2) is 17.0 Å². The van der Waals surface area contributed by atoms with Gasteiger partial charge in [0.05, 0.1) is 5.92 Å². The molecule has 2 N–H and O–H groups in total. The fourth-order valence-corrected chi connectivity index (χ4v) is 2.42. The highest BCUT2D eigenvalue weighted by Gasteiger charge is 2.30. The van der Waals surface area contributed by atoms with Gasteiger partial charge >= 0.3 is 5.97 Å². The van der Waals surface area contributed by atoms with E-state index in [1.807, 2.05) is 18.2 Å². The third kappa shape index (κ3) is 2.66. The summed E-state index contributed by atoms with van der Waals surface area (Å²) in [5, 5.41) is 11.4. The maximum atomic E-state index is 11.7. The lowest BCUT2D eigenvalue weighted by molar-refractivity contribution is -0.137. The molecular weight excluding hydrogens is 286 g/mol. The van der Waals surface area contributed by atoms with Gasteiger partial charge in [-0.1, -0.05) is 15.9 Å². The van der Waals surface area contributed by atoms with E-state index >= 15 is 0 Å². The van der Waals surface area contributed by atoms with Crippen molar-refractivity contribution in [2.45, 2.75) is 25.2 Å². The molecule has 5 heteroatoms. The molecule has 1 amide bonds. The number of rotatable bonds is 4. The molecule has 0 radical (unpaired) electrons. The molecule has 1 aromatic carbocycles. The van der Waals surface area contributed by atoms with Gasteiger partial charge in [0.25, 0.3) is 0 Å². The Labute approximate surface area is 107 Å². The standard InChI is InChI=1S/C12H12BrNO3/c13-7-4-5-10-9(6-7)8(12(17)14-10)2-1-3-11(15)16/h4-6,8H,1-3H2,(H,14,17)(H,15,16). The minimum Gasteiger partial charge on any atom is -0.481 e. The number of anilines is 1. The summed E-state index contributed by atoms with van der Waals surface area (Å²) in [4.78, 5) is 22.2. The number of hydrogen-bond acceptors (Lipinski definition) is 2. The van der Waals surface area contributed by atoms with Crippen LogP contribution in [0.2, 0.25) is 0 Å². The molecule has 1 atom stereocenters. The van der Waals surface area contributed by atoms with Gasteiger partial charge < -0.3 is 10.4 Å². The summed E-state index contributed by atoms with van der Waals surface area (Å²) < 4.78 is 0.927. The van der Waals surface area contributed by atoms with Gasteiger partial charge in [-0.3, -0.25) is 9.59 Å². The van der Waals surface area contributed by atoms with Crippen molar-refractivity contribution in [3.8, 4) is 0 Å². The minimum absolute atomic E-state index is 0.0384. The number of amides is 1. The van der Waals surface area contributed by atoms with Gasteiger partial charge in [0.1, 0.15) is 0 Å². The Kier molecular flexibility index (Phi) is 3.47. The van der Waals surface area contributed by atoms with Crippen molar-refractivity contribution in [3.63, 3.8) is 0 Å². The van der Waals surface area contributed by atoms with Crippen LogP contribution in [0, 0.1) is 0 Å². The summed E-state index contributed by atoms with van der Waals surface area (Å²) in [6.45, 7) is 0. The molecule has 0 saturated heterocycles. The molecule has 1 aliphatic rings. The van der Waals surface area contributed by atoms with E-state index in [9.17, 15) is 9.59 Å². The van der Waals surface area contributed by atoms with Crippen LogP contribution in [-0.2, 0) is 9.59 Å². The van der Waals surface area contributed by atoms with Gasteiger partial charge in [-0.2, -0.15) is 0 Å². The minimum atomic E-state index is -0.821. The van der Waals surface area contributed by atoms with Crippen molar-refractivity contribution in [2.75, 3.05) is 5.32 Å². The number of carbonyl (C=O) groups excluding carboxylic acids is 1. The summed E-state index contributed by atoms with van der Waals surface area (Å²) in [7, 11) is 0. The Morgan fingerprint density at radius 3 is 2.94 bits per heavy atom. The molecule has 17 heavy (non-hydrogen) atoms. The average Bonchev–Trinajstić information content (AvgIpc) is 2.55. The molecule has 1 heterocycles. The fraction of sp³-hybridized carbons (Fsp3) is 0.333. The lowest BCUT2D eigenvalue weighted by Crippen LogP contribution is -2.12. The molecule has 0 bridgehead atoms. The van der Waals surface area contributed by atoms with E-state index in [0.717, 1.165) is 15.7 Å². The molecule has 1 aliphatic heterocycles. The molecular formula is C12H12BrNO3. The quantitative estimate of drug-likeness (QED) is 0.898. The Morgan fingerprint density at radius 1 is 1.47 bits per heavy atom. The first-order valence-electron chi connectivity index (χ1n) is 5.40. The highest BCUT2D eigenvalue weighted by atomic mass is 79.9. The number of halogens is 1. The van der Waals surface area contributed by atoms with Crippen molar-refractivity contribution in [2.24, 2.45) is 0 Å². The number of nitrogens with one attached hydrogen (secondary N) is 1. The van der Waals surface area contributed by atoms with Crippen LogP contribution in [0.25, 0.3) is 0 Å². The maximum absolute atomic E-state index is 11.7. The fourth-order valence-electron chi connectivity index (χ4n) is 2.04. The van der Waals surface area contributed by atoms with E-state index in [1.165, 1.54) is 0 Å². The molecule has 1 unspecified atom stereocenters. The zero-order valence-electron chi connectivity index (χ0n) is 9.07. The first-order valence-corrected chi connectivity index (χ1v) is 6.19. The third-order valence-corrected chi connectivity index (χ3v) is 3.34. The van der Waals surface area contributed by atoms with Gasteiger partial charge in [0.2, 0.25) is 5.91 Å². The molecule has 90 valence electrons. The van der Waals surface area contributed by atoms with E-state index in [-0.39, 0.29) is 18.2 Å². The molecule has 0 aromatic heterocycles. The Morgan fingerprint density at radius 2 is 2.24 bits per heavy atom. The van der Waals surface area contributed by atoms with Crippen LogP contribution in [0.1, 0.15) is 30.7 Å². The van der Waals surface area contributed by atoms with Gasteiger partial charge in [-0.25, -0.2) is 0 Å².